The van der Waals surface area contributed by atoms with Gasteiger partial charge in [-0.2, -0.15) is 0 Å². The third kappa shape index (κ3) is 3.63. The molecule has 2 amide bonds. The second-order valence-electron chi connectivity index (χ2n) is 4.97. The van der Waals surface area contributed by atoms with Crippen LogP contribution in [0.15, 0.2) is 18.2 Å². The fraction of sp³-hybridized carbons (Fsp3) is 0.533. The van der Waals surface area contributed by atoms with Crippen molar-refractivity contribution in [1.82, 2.24) is 10.2 Å². The summed E-state index contributed by atoms with van der Waals surface area (Å²) in [5, 5.41) is 2.89. The Balaban J connectivity index is 1.71. The number of amides is 2. The van der Waals surface area contributed by atoms with E-state index in [1.165, 1.54) is 5.56 Å². The number of hydrogen-bond donors (Lipinski definition) is 1. The smallest absolute Gasteiger partial charge is 0.317 e. The molecule has 1 fully saturated rings. The Hall–Kier alpha value is -1.71. The van der Waals surface area contributed by atoms with E-state index in [4.69, 9.17) is 4.74 Å². The molecule has 19 heavy (non-hydrogen) atoms. The molecular weight excluding hydrogens is 240 g/mol. The highest BCUT2D eigenvalue weighted by atomic mass is 16.5. The lowest BCUT2D eigenvalue weighted by atomic mass is 10.1. The van der Waals surface area contributed by atoms with E-state index < -0.39 is 0 Å². The lowest BCUT2D eigenvalue weighted by Gasteiger charge is -2.16. The van der Waals surface area contributed by atoms with Crippen molar-refractivity contribution in [2.45, 2.75) is 26.7 Å². The number of urea groups is 1. The molecular formula is C15H22N2O2. The van der Waals surface area contributed by atoms with Crippen LogP contribution in [-0.2, 0) is 0 Å². The van der Waals surface area contributed by atoms with Crippen LogP contribution in [0.3, 0.4) is 0 Å². The van der Waals surface area contributed by atoms with Gasteiger partial charge >= 0.3 is 6.03 Å². The third-order valence-electron chi connectivity index (χ3n) is 3.58. The Labute approximate surface area is 114 Å². The van der Waals surface area contributed by atoms with Crippen molar-refractivity contribution in [3.8, 4) is 5.75 Å². The second-order valence-corrected chi connectivity index (χ2v) is 4.97. The third-order valence-corrected chi connectivity index (χ3v) is 3.58. The standard InChI is InChI=1S/C15H22N2O2/c1-12-6-5-7-14(13(12)2)19-11-8-16-15(18)17-9-3-4-10-17/h5-7H,3-4,8-11H2,1-2H3,(H,16,18). The summed E-state index contributed by atoms with van der Waals surface area (Å²) in [5.41, 5.74) is 2.38. The molecule has 1 saturated heterocycles. The zero-order chi connectivity index (χ0) is 13.7. The Morgan fingerprint density at radius 1 is 1.32 bits per heavy atom. The van der Waals surface area contributed by atoms with E-state index in [-0.39, 0.29) is 6.03 Å². The summed E-state index contributed by atoms with van der Waals surface area (Å²) in [5.74, 6) is 0.899. The van der Waals surface area contributed by atoms with Crippen LogP contribution >= 0.6 is 0 Å². The van der Waals surface area contributed by atoms with E-state index in [0.717, 1.165) is 37.2 Å². The lowest BCUT2D eigenvalue weighted by molar-refractivity contribution is 0.205. The monoisotopic (exact) mass is 262 g/mol. The molecule has 4 nitrogen and oxygen atoms in total. The van der Waals surface area contributed by atoms with E-state index in [0.29, 0.717) is 13.2 Å². The molecule has 1 aliphatic rings. The highest BCUT2D eigenvalue weighted by Gasteiger charge is 2.16. The van der Waals surface area contributed by atoms with E-state index >= 15 is 0 Å². The molecule has 1 N–H and O–H groups in total. The van der Waals surface area contributed by atoms with Crippen LogP contribution in [0.2, 0.25) is 0 Å². The summed E-state index contributed by atoms with van der Waals surface area (Å²) >= 11 is 0. The van der Waals surface area contributed by atoms with Crippen LogP contribution in [0, 0.1) is 13.8 Å². The largest absolute Gasteiger partial charge is 0.491 e. The molecule has 104 valence electrons. The highest BCUT2D eigenvalue weighted by molar-refractivity contribution is 5.74. The predicted octanol–water partition coefficient (Wildman–Crippen LogP) is 2.49. The maximum absolute atomic E-state index is 11.7. The van der Waals surface area contributed by atoms with Gasteiger partial charge in [0.05, 0.1) is 6.54 Å². The molecule has 2 rings (SSSR count). The molecule has 0 unspecified atom stereocenters. The average Bonchev–Trinajstić information content (AvgIpc) is 2.93. The Kier molecular flexibility index (Phi) is 4.66. The van der Waals surface area contributed by atoms with Gasteiger partial charge in [0, 0.05) is 13.1 Å². The van der Waals surface area contributed by atoms with Crippen LogP contribution < -0.4 is 10.1 Å². The number of carbonyl (C=O) groups excluding carboxylic acids is 1. The molecule has 0 saturated carbocycles. The van der Waals surface area contributed by atoms with Crippen molar-refractivity contribution >= 4 is 6.03 Å². The molecule has 0 atom stereocenters. The van der Waals surface area contributed by atoms with Gasteiger partial charge in [0.2, 0.25) is 0 Å². The van der Waals surface area contributed by atoms with E-state index in [2.05, 4.69) is 18.3 Å². The zero-order valence-corrected chi connectivity index (χ0v) is 11.7. The van der Waals surface area contributed by atoms with Crippen LogP contribution in [0.5, 0.6) is 5.75 Å². The average molecular weight is 262 g/mol. The van der Waals surface area contributed by atoms with Crippen LogP contribution in [0.4, 0.5) is 4.79 Å². The van der Waals surface area contributed by atoms with E-state index in [9.17, 15) is 4.79 Å². The molecule has 1 aliphatic heterocycles. The van der Waals surface area contributed by atoms with Gasteiger partial charge in [-0.3, -0.25) is 0 Å². The van der Waals surface area contributed by atoms with Crippen molar-refractivity contribution in [1.29, 1.82) is 0 Å². The van der Waals surface area contributed by atoms with Crippen molar-refractivity contribution in [2.75, 3.05) is 26.2 Å². The minimum atomic E-state index is 0.0297. The highest BCUT2D eigenvalue weighted by Crippen LogP contribution is 2.20. The molecule has 0 radical (unpaired) electrons. The van der Waals surface area contributed by atoms with Crippen molar-refractivity contribution in [3.05, 3.63) is 29.3 Å². The van der Waals surface area contributed by atoms with Crippen LogP contribution in [0.25, 0.3) is 0 Å². The first kappa shape index (κ1) is 13.7. The number of likely N-dealkylation sites (tertiary alicyclic amines) is 1. The number of hydrogen-bond acceptors (Lipinski definition) is 2. The van der Waals surface area contributed by atoms with Gasteiger partial charge in [-0.05, 0) is 43.9 Å². The summed E-state index contributed by atoms with van der Waals surface area (Å²) < 4.78 is 5.70. The quantitative estimate of drug-likeness (QED) is 0.847. The fourth-order valence-electron chi connectivity index (χ4n) is 2.23. The summed E-state index contributed by atoms with van der Waals surface area (Å²) in [6.07, 6.45) is 2.23. The summed E-state index contributed by atoms with van der Waals surface area (Å²) in [7, 11) is 0. The van der Waals surface area contributed by atoms with E-state index in [1.54, 1.807) is 0 Å². The van der Waals surface area contributed by atoms with Gasteiger partial charge < -0.3 is 15.0 Å². The van der Waals surface area contributed by atoms with Gasteiger partial charge in [-0.1, -0.05) is 12.1 Å². The molecule has 1 heterocycles. The van der Waals surface area contributed by atoms with Gasteiger partial charge in [0.1, 0.15) is 12.4 Å². The Morgan fingerprint density at radius 2 is 2.05 bits per heavy atom. The molecule has 1 aromatic rings. The minimum absolute atomic E-state index is 0.0297. The summed E-state index contributed by atoms with van der Waals surface area (Å²) in [6, 6.07) is 6.05. The number of nitrogens with zero attached hydrogens (tertiary/aromatic N) is 1. The molecule has 0 aromatic heterocycles. The molecule has 4 heteroatoms. The maximum Gasteiger partial charge on any atom is 0.317 e. The summed E-state index contributed by atoms with van der Waals surface area (Å²) in [6.45, 7) is 6.92. The van der Waals surface area contributed by atoms with Gasteiger partial charge in [-0.15, -0.1) is 0 Å². The SMILES string of the molecule is Cc1cccc(OCCNC(=O)N2CCCC2)c1C. The van der Waals surface area contributed by atoms with Crippen molar-refractivity contribution < 1.29 is 9.53 Å². The zero-order valence-electron chi connectivity index (χ0n) is 11.7. The van der Waals surface area contributed by atoms with Crippen molar-refractivity contribution in [3.63, 3.8) is 0 Å². The first-order valence-electron chi connectivity index (χ1n) is 6.90. The number of nitrogens with one attached hydrogen (secondary N) is 1. The number of carbonyl (C=O) groups is 1. The topological polar surface area (TPSA) is 41.6 Å². The number of benzene rings is 1. The first-order valence-corrected chi connectivity index (χ1v) is 6.90. The molecule has 1 aromatic carbocycles. The lowest BCUT2D eigenvalue weighted by Crippen LogP contribution is -2.39. The van der Waals surface area contributed by atoms with Crippen LogP contribution in [0.1, 0.15) is 24.0 Å². The second kappa shape index (κ2) is 6.45. The Bertz CT molecular complexity index is 440. The van der Waals surface area contributed by atoms with Gasteiger partial charge in [0.25, 0.3) is 0 Å². The first-order chi connectivity index (χ1) is 9.18. The maximum atomic E-state index is 11.7. The molecule has 0 aliphatic carbocycles. The number of ether oxygens (including phenoxy) is 1. The predicted molar refractivity (Wildman–Crippen MR) is 75.6 cm³/mol. The van der Waals surface area contributed by atoms with E-state index in [1.807, 2.05) is 24.0 Å². The normalized spacial score (nSPS) is 14.5. The number of rotatable bonds is 4. The Morgan fingerprint density at radius 3 is 2.79 bits per heavy atom. The van der Waals surface area contributed by atoms with Crippen LogP contribution in [-0.4, -0.2) is 37.2 Å². The number of aryl methyl sites for hydroxylation is 1. The van der Waals surface area contributed by atoms with Gasteiger partial charge in [-0.25, -0.2) is 4.79 Å². The molecule has 0 spiro atoms. The molecule has 0 bridgehead atoms. The minimum Gasteiger partial charge on any atom is -0.491 e. The van der Waals surface area contributed by atoms with Crippen molar-refractivity contribution in [2.24, 2.45) is 0 Å². The fourth-order valence-corrected chi connectivity index (χ4v) is 2.23. The van der Waals surface area contributed by atoms with Gasteiger partial charge in [0.15, 0.2) is 0 Å². The summed E-state index contributed by atoms with van der Waals surface area (Å²) in [4.78, 5) is 13.6.